The molecule has 4 rings (SSSR count). The molecule has 25 heavy (non-hydrogen) atoms. The fourth-order valence-electron chi connectivity index (χ4n) is 2.77. The summed E-state index contributed by atoms with van der Waals surface area (Å²) in [5.74, 6) is 0. The van der Waals surface area contributed by atoms with Crippen LogP contribution in [0.25, 0.3) is 22.2 Å². The zero-order valence-electron chi connectivity index (χ0n) is 13.9. The number of benzene rings is 2. The average Bonchev–Trinajstić information content (AvgIpc) is 3.15. The lowest BCUT2D eigenvalue weighted by atomic mass is 10.1. The zero-order valence-corrected chi connectivity index (χ0v) is 13.9. The van der Waals surface area contributed by atoms with Crippen LogP contribution in [-0.4, -0.2) is 21.4 Å². The number of nitrogens with zero attached hydrogens (tertiary/aromatic N) is 3. The third-order valence-corrected chi connectivity index (χ3v) is 4.10. The van der Waals surface area contributed by atoms with Crippen LogP contribution in [0.1, 0.15) is 5.56 Å². The second kappa shape index (κ2) is 7.28. The maximum Gasteiger partial charge on any atom is 0.0741 e. The minimum Gasteiger partial charge on any atom is -0.375 e. The molecule has 0 fully saturated rings. The Balaban J connectivity index is 1.38. The van der Waals surface area contributed by atoms with E-state index < -0.39 is 0 Å². The van der Waals surface area contributed by atoms with Gasteiger partial charge in [0, 0.05) is 17.1 Å². The summed E-state index contributed by atoms with van der Waals surface area (Å²) in [6.07, 6.45) is 3.87. The largest absolute Gasteiger partial charge is 0.375 e. The van der Waals surface area contributed by atoms with Crippen LogP contribution < -0.4 is 0 Å². The maximum atomic E-state index is 5.72. The number of pyridine rings is 1. The van der Waals surface area contributed by atoms with Gasteiger partial charge in [-0.05, 0) is 17.7 Å². The summed E-state index contributed by atoms with van der Waals surface area (Å²) in [6.45, 7) is 1.97. The molecule has 0 atom stereocenters. The SMILES string of the molecule is c1ccc(COCCn2cc(-c3ccc4ccccc4n3)cn2)cc1. The van der Waals surface area contributed by atoms with Gasteiger partial charge in [-0.2, -0.15) is 5.10 Å². The molecular formula is C21H19N3O. The standard InChI is InChI=1S/C21H19N3O/c1-2-6-17(7-3-1)16-25-13-12-24-15-19(14-22-24)21-11-10-18-8-4-5-9-20(18)23-21/h1-11,14-15H,12-13,16H2. The van der Waals surface area contributed by atoms with Gasteiger partial charge in [0.25, 0.3) is 0 Å². The van der Waals surface area contributed by atoms with E-state index in [1.54, 1.807) is 0 Å². The predicted molar refractivity (Wildman–Crippen MR) is 99.1 cm³/mol. The fourth-order valence-corrected chi connectivity index (χ4v) is 2.77. The molecule has 124 valence electrons. The van der Waals surface area contributed by atoms with Gasteiger partial charge < -0.3 is 4.74 Å². The van der Waals surface area contributed by atoms with Gasteiger partial charge >= 0.3 is 0 Å². The highest BCUT2D eigenvalue weighted by molar-refractivity contribution is 5.81. The van der Waals surface area contributed by atoms with Gasteiger partial charge in [-0.25, -0.2) is 4.98 Å². The van der Waals surface area contributed by atoms with E-state index in [0.29, 0.717) is 13.2 Å². The Morgan fingerprint density at radius 1 is 0.880 bits per heavy atom. The highest BCUT2D eigenvalue weighted by atomic mass is 16.5. The van der Waals surface area contributed by atoms with Gasteiger partial charge in [-0.1, -0.05) is 54.6 Å². The molecular weight excluding hydrogens is 310 g/mol. The first kappa shape index (κ1) is 15.5. The van der Waals surface area contributed by atoms with Crippen LogP contribution in [0.2, 0.25) is 0 Å². The number of para-hydroxylation sites is 1. The molecule has 0 aliphatic heterocycles. The van der Waals surface area contributed by atoms with Crippen molar-refractivity contribution in [2.75, 3.05) is 6.61 Å². The molecule has 0 spiro atoms. The van der Waals surface area contributed by atoms with E-state index in [0.717, 1.165) is 28.7 Å². The topological polar surface area (TPSA) is 39.9 Å². The quantitative estimate of drug-likeness (QED) is 0.495. The van der Waals surface area contributed by atoms with Crippen LogP contribution in [0, 0.1) is 0 Å². The molecule has 0 N–H and O–H groups in total. The monoisotopic (exact) mass is 329 g/mol. The van der Waals surface area contributed by atoms with Crippen molar-refractivity contribution in [3.63, 3.8) is 0 Å². The summed E-state index contributed by atoms with van der Waals surface area (Å²) in [7, 11) is 0. The molecule has 0 aliphatic carbocycles. The van der Waals surface area contributed by atoms with Gasteiger partial charge in [0.1, 0.15) is 0 Å². The summed E-state index contributed by atoms with van der Waals surface area (Å²) < 4.78 is 7.62. The first-order chi connectivity index (χ1) is 12.4. The van der Waals surface area contributed by atoms with Crippen LogP contribution in [0.5, 0.6) is 0 Å². The van der Waals surface area contributed by atoms with E-state index in [1.165, 1.54) is 5.56 Å². The summed E-state index contributed by atoms with van der Waals surface area (Å²) in [5, 5.41) is 5.56. The summed E-state index contributed by atoms with van der Waals surface area (Å²) in [4.78, 5) is 4.71. The van der Waals surface area contributed by atoms with Crippen LogP contribution in [0.15, 0.2) is 79.1 Å². The van der Waals surface area contributed by atoms with Gasteiger partial charge in [0.2, 0.25) is 0 Å². The molecule has 4 nitrogen and oxygen atoms in total. The number of hydrogen-bond donors (Lipinski definition) is 0. The van der Waals surface area contributed by atoms with Crippen molar-refractivity contribution < 1.29 is 4.74 Å². The molecule has 0 saturated carbocycles. The maximum absolute atomic E-state index is 5.72. The molecule has 0 bridgehead atoms. The van der Waals surface area contributed by atoms with E-state index in [2.05, 4.69) is 29.4 Å². The number of rotatable bonds is 6. The molecule has 0 amide bonds. The Kier molecular flexibility index (Phi) is 4.53. The van der Waals surface area contributed by atoms with Crippen molar-refractivity contribution in [1.82, 2.24) is 14.8 Å². The molecule has 2 heterocycles. The molecule has 2 aromatic carbocycles. The molecule has 0 saturated heterocycles. The van der Waals surface area contributed by atoms with Crippen LogP contribution in [0.3, 0.4) is 0 Å². The molecule has 2 aromatic heterocycles. The lowest BCUT2D eigenvalue weighted by molar-refractivity contribution is 0.111. The first-order valence-corrected chi connectivity index (χ1v) is 8.39. The summed E-state index contributed by atoms with van der Waals surface area (Å²) in [5.41, 5.74) is 4.15. The van der Waals surface area contributed by atoms with Crippen molar-refractivity contribution in [1.29, 1.82) is 0 Å². The van der Waals surface area contributed by atoms with E-state index in [4.69, 9.17) is 9.72 Å². The van der Waals surface area contributed by atoms with Gasteiger partial charge in [-0.15, -0.1) is 0 Å². The molecule has 0 aliphatic rings. The van der Waals surface area contributed by atoms with Gasteiger partial charge in [0.05, 0.1) is 37.2 Å². The highest BCUT2D eigenvalue weighted by Gasteiger charge is 2.04. The fraction of sp³-hybridized carbons (Fsp3) is 0.143. The Morgan fingerprint density at radius 3 is 2.64 bits per heavy atom. The molecule has 0 unspecified atom stereocenters. The molecule has 4 heteroatoms. The van der Waals surface area contributed by atoms with E-state index in [1.807, 2.05) is 59.5 Å². The number of aromatic nitrogens is 3. The van der Waals surface area contributed by atoms with E-state index >= 15 is 0 Å². The van der Waals surface area contributed by atoms with Crippen molar-refractivity contribution in [3.8, 4) is 11.3 Å². The third kappa shape index (κ3) is 3.75. The predicted octanol–water partition coefficient (Wildman–Crippen LogP) is 4.32. The third-order valence-electron chi connectivity index (χ3n) is 4.10. The second-order valence-corrected chi connectivity index (χ2v) is 5.92. The summed E-state index contributed by atoms with van der Waals surface area (Å²) in [6, 6.07) is 22.5. The van der Waals surface area contributed by atoms with Crippen LogP contribution in [-0.2, 0) is 17.9 Å². The zero-order chi connectivity index (χ0) is 16.9. The minimum absolute atomic E-state index is 0.626. The Hall–Kier alpha value is -2.98. The van der Waals surface area contributed by atoms with E-state index in [9.17, 15) is 0 Å². The van der Waals surface area contributed by atoms with Crippen LogP contribution >= 0.6 is 0 Å². The Labute approximate surface area is 146 Å². The second-order valence-electron chi connectivity index (χ2n) is 5.92. The summed E-state index contributed by atoms with van der Waals surface area (Å²) >= 11 is 0. The van der Waals surface area contributed by atoms with Crippen LogP contribution in [0.4, 0.5) is 0 Å². The van der Waals surface area contributed by atoms with Gasteiger partial charge in [-0.3, -0.25) is 4.68 Å². The smallest absolute Gasteiger partial charge is 0.0741 e. The van der Waals surface area contributed by atoms with Crippen molar-refractivity contribution >= 4 is 10.9 Å². The minimum atomic E-state index is 0.626. The lowest BCUT2D eigenvalue weighted by Crippen LogP contribution is -2.06. The normalized spacial score (nSPS) is 11.0. The van der Waals surface area contributed by atoms with E-state index in [-0.39, 0.29) is 0 Å². The highest BCUT2D eigenvalue weighted by Crippen LogP contribution is 2.20. The first-order valence-electron chi connectivity index (χ1n) is 8.39. The molecule has 0 radical (unpaired) electrons. The van der Waals surface area contributed by atoms with Crippen molar-refractivity contribution in [2.24, 2.45) is 0 Å². The number of fused-ring (bicyclic) bond motifs is 1. The number of hydrogen-bond acceptors (Lipinski definition) is 3. The van der Waals surface area contributed by atoms with Gasteiger partial charge in [0.15, 0.2) is 0 Å². The Morgan fingerprint density at radius 2 is 1.72 bits per heavy atom. The lowest BCUT2D eigenvalue weighted by Gasteiger charge is -2.04. The number of ether oxygens (including phenoxy) is 1. The van der Waals surface area contributed by atoms with Crippen molar-refractivity contribution in [3.05, 3.63) is 84.7 Å². The average molecular weight is 329 g/mol. The van der Waals surface area contributed by atoms with Crippen molar-refractivity contribution in [2.45, 2.75) is 13.2 Å². The Bertz CT molecular complexity index is 963. The molecule has 4 aromatic rings.